The third kappa shape index (κ3) is 3.27. The Morgan fingerprint density at radius 3 is 2.59 bits per heavy atom. The van der Waals surface area contributed by atoms with Crippen LogP contribution in [-0.2, 0) is 0 Å². The van der Waals surface area contributed by atoms with Crippen LogP contribution in [0.3, 0.4) is 0 Å². The van der Waals surface area contributed by atoms with Gasteiger partial charge in [-0.3, -0.25) is 4.40 Å². The van der Waals surface area contributed by atoms with Gasteiger partial charge in [0.25, 0.3) is 0 Å². The highest BCUT2D eigenvalue weighted by molar-refractivity contribution is 6.33. The van der Waals surface area contributed by atoms with Gasteiger partial charge in [0.15, 0.2) is 11.5 Å². The van der Waals surface area contributed by atoms with Gasteiger partial charge in [0.1, 0.15) is 5.65 Å². The molecule has 0 spiro atoms. The zero-order valence-corrected chi connectivity index (χ0v) is 15.6. The quantitative estimate of drug-likeness (QED) is 0.538. The topological polar surface area (TPSA) is 60.7 Å². The maximum absolute atomic E-state index is 6.28. The van der Waals surface area contributed by atoms with Crippen LogP contribution in [0.25, 0.3) is 16.9 Å². The number of nitrogens with zero attached hydrogens (tertiary/aromatic N) is 3. The molecule has 2 aromatic heterocycles. The molecule has 0 bridgehead atoms. The van der Waals surface area contributed by atoms with Crippen LogP contribution in [0.4, 0.5) is 11.6 Å². The summed E-state index contributed by atoms with van der Waals surface area (Å²) in [6.45, 7) is 0. The summed E-state index contributed by atoms with van der Waals surface area (Å²) in [5.74, 6) is 1.92. The number of ether oxygens (including phenoxy) is 2. The van der Waals surface area contributed by atoms with Gasteiger partial charge < -0.3 is 14.8 Å². The summed E-state index contributed by atoms with van der Waals surface area (Å²) in [5, 5.41) is 3.90. The van der Waals surface area contributed by atoms with Crippen molar-refractivity contribution in [3.63, 3.8) is 0 Å². The van der Waals surface area contributed by atoms with Crippen molar-refractivity contribution < 1.29 is 9.47 Å². The Balaban J connectivity index is 1.82. The minimum Gasteiger partial charge on any atom is -0.493 e. The Morgan fingerprint density at radius 1 is 1.00 bits per heavy atom. The van der Waals surface area contributed by atoms with E-state index in [1.807, 2.05) is 59.1 Å². The number of aromatic nitrogens is 3. The number of fused-ring (bicyclic) bond motifs is 1. The molecule has 0 aliphatic heterocycles. The summed E-state index contributed by atoms with van der Waals surface area (Å²) in [4.78, 5) is 9.17. The van der Waals surface area contributed by atoms with Crippen molar-refractivity contribution in [3.8, 4) is 22.8 Å². The lowest BCUT2D eigenvalue weighted by Crippen LogP contribution is -2.03. The fourth-order valence-electron chi connectivity index (χ4n) is 2.84. The van der Waals surface area contributed by atoms with E-state index in [-0.39, 0.29) is 0 Å². The highest BCUT2D eigenvalue weighted by Crippen LogP contribution is 2.33. The monoisotopic (exact) mass is 380 g/mol. The van der Waals surface area contributed by atoms with Gasteiger partial charge >= 0.3 is 0 Å². The van der Waals surface area contributed by atoms with E-state index in [9.17, 15) is 0 Å². The van der Waals surface area contributed by atoms with Crippen LogP contribution in [0.1, 0.15) is 0 Å². The smallest absolute Gasteiger partial charge is 0.213 e. The van der Waals surface area contributed by atoms with E-state index in [4.69, 9.17) is 26.1 Å². The molecule has 27 heavy (non-hydrogen) atoms. The summed E-state index contributed by atoms with van der Waals surface area (Å²) >= 11 is 6.28. The Labute approximate surface area is 161 Å². The van der Waals surface area contributed by atoms with Gasteiger partial charge in [-0.05, 0) is 30.3 Å². The van der Waals surface area contributed by atoms with E-state index in [0.717, 1.165) is 22.6 Å². The number of methoxy groups -OCH3 is 2. The van der Waals surface area contributed by atoms with Crippen LogP contribution in [0.5, 0.6) is 11.5 Å². The van der Waals surface area contributed by atoms with Crippen molar-refractivity contribution in [2.45, 2.75) is 0 Å². The summed E-state index contributed by atoms with van der Waals surface area (Å²) < 4.78 is 12.6. The minimum atomic E-state index is 0.614. The molecule has 0 unspecified atom stereocenters. The molecule has 4 aromatic rings. The number of hydrogen-bond donors (Lipinski definition) is 1. The number of halogens is 1. The van der Waals surface area contributed by atoms with Gasteiger partial charge in [-0.2, -0.15) is 0 Å². The highest BCUT2D eigenvalue weighted by atomic mass is 35.5. The Kier molecular flexibility index (Phi) is 4.56. The van der Waals surface area contributed by atoms with Gasteiger partial charge in [-0.25, -0.2) is 9.97 Å². The first-order valence-electron chi connectivity index (χ1n) is 8.27. The molecule has 0 amide bonds. The molecule has 0 saturated heterocycles. The third-order valence-electron chi connectivity index (χ3n) is 4.19. The second-order valence-electron chi connectivity index (χ2n) is 5.80. The minimum absolute atomic E-state index is 0.614. The van der Waals surface area contributed by atoms with E-state index in [1.165, 1.54) is 0 Å². The molecule has 0 atom stereocenters. The molecule has 0 fully saturated rings. The Hall–Kier alpha value is -3.25. The summed E-state index contributed by atoms with van der Waals surface area (Å²) in [5.41, 5.74) is 3.18. The first-order chi connectivity index (χ1) is 13.2. The summed E-state index contributed by atoms with van der Waals surface area (Å²) in [6, 6.07) is 15.1. The number of benzene rings is 2. The number of hydrogen-bond acceptors (Lipinski definition) is 5. The first kappa shape index (κ1) is 17.2. The normalized spacial score (nSPS) is 10.8. The molecule has 6 nitrogen and oxygen atoms in total. The average Bonchev–Trinajstić information content (AvgIpc) is 3.18. The predicted molar refractivity (Wildman–Crippen MR) is 106 cm³/mol. The Morgan fingerprint density at radius 2 is 1.81 bits per heavy atom. The average molecular weight is 381 g/mol. The van der Waals surface area contributed by atoms with Crippen molar-refractivity contribution >= 4 is 28.9 Å². The van der Waals surface area contributed by atoms with E-state index >= 15 is 0 Å². The van der Waals surface area contributed by atoms with E-state index in [2.05, 4.69) is 10.3 Å². The zero-order valence-electron chi connectivity index (χ0n) is 14.8. The SMILES string of the molecule is COc1ccc(-c2cc3nccn3c(Nc3ccccc3Cl)n2)cc1OC. The number of anilines is 2. The zero-order chi connectivity index (χ0) is 18.8. The van der Waals surface area contributed by atoms with Crippen molar-refractivity contribution in [2.75, 3.05) is 19.5 Å². The van der Waals surface area contributed by atoms with Crippen molar-refractivity contribution in [1.82, 2.24) is 14.4 Å². The summed E-state index contributed by atoms with van der Waals surface area (Å²) in [6.07, 6.45) is 3.58. The van der Waals surface area contributed by atoms with Crippen LogP contribution in [-0.4, -0.2) is 28.6 Å². The molecular formula is C20H17ClN4O2. The number of para-hydroxylation sites is 1. The van der Waals surface area contributed by atoms with Crippen LogP contribution in [0, 0.1) is 0 Å². The van der Waals surface area contributed by atoms with Gasteiger partial charge in [0, 0.05) is 24.0 Å². The van der Waals surface area contributed by atoms with Crippen molar-refractivity contribution in [1.29, 1.82) is 0 Å². The van der Waals surface area contributed by atoms with Crippen molar-refractivity contribution in [2.24, 2.45) is 0 Å². The molecule has 0 radical (unpaired) electrons. The predicted octanol–water partition coefficient (Wildman–Crippen LogP) is 4.81. The van der Waals surface area contributed by atoms with Gasteiger partial charge in [0.2, 0.25) is 5.95 Å². The molecule has 2 heterocycles. The van der Waals surface area contributed by atoms with Crippen LogP contribution < -0.4 is 14.8 Å². The second-order valence-corrected chi connectivity index (χ2v) is 6.20. The largest absolute Gasteiger partial charge is 0.493 e. The molecule has 1 N–H and O–H groups in total. The van der Waals surface area contributed by atoms with Gasteiger partial charge in [-0.15, -0.1) is 0 Å². The molecule has 4 rings (SSSR count). The maximum Gasteiger partial charge on any atom is 0.213 e. The molecule has 0 saturated carbocycles. The van der Waals surface area contributed by atoms with Crippen LogP contribution in [0.2, 0.25) is 5.02 Å². The number of nitrogens with one attached hydrogen (secondary N) is 1. The highest BCUT2D eigenvalue weighted by Gasteiger charge is 2.12. The van der Waals surface area contributed by atoms with E-state index in [1.54, 1.807) is 20.4 Å². The lowest BCUT2D eigenvalue weighted by atomic mass is 10.1. The maximum atomic E-state index is 6.28. The lowest BCUT2D eigenvalue weighted by molar-refractivity contribution is 0.355. The molecule has 0 aliphatic rings. The molecule has 7 heteroatoms. The van der Waals surface area contributed by atoms with Gasteiger partial charge in [-0.1, -0.05) is 23.7 Å². The van der Waals surface area contributed by atoms with E-state index < -0.39 is 0 Å². The fraction of sp³-hybridized carbons (Fsp3) is 0.100. The van der Waals surface area contributed by atoms with Crippen molar-refractivity contribution in [3.05, 3.63) is 65.9 Å². The first-order valence-corrected chi connectivity index (χ1v) is 8.65. The second kappa shape index (κ2) is 7.17. The van der Waals surface area contributed by atoms with E-state index in [0.29, 0.717) is 22.5 Å². The number of imidazole rings is 1. The molecule has 136 valence electrons. The lowest BCUT2D eigenvalue weighted by Gasteiger charge is -2.13. The Bertz CT molecular complexity index is 1110. The molecule has 2 aromatic carbocycles. The van der Waals surface area contributed by atoms with Crippen LogP contribution >= 0.6 is 11.6 Å². The fourth-order valence-corrected chi connectivity index (χ4v) is 3.02. The summed E-state index contributed by atoms with van der Waals surface area (Å²) in [7, 11) is 3.22. The van der Waals surface area contributed by atoms with Gasteiger partial charge in [0.05, 0.1) is 30.6 Å². The number of rotatable bonds is 5. The molecular weight excluding hydrogens is 364 g/mol. The molecule has 0 aliphatic carbocycles. The third-order valence-corrected chi connectivity index (χ3v) is 4.52. The van der Waals surface area contributed by atoms with Crippen LogP contribution in [0.15, 0.2) is 60.9 Å². The standard InChI is InChI=1S/C20H17ClN4O2/c1-26-17-8-7-13(11-18(17)27-2)16-12-19-22-9-10-25(19)20(24-16)23-15-6-4-3-5-14(15)21/h3-12H,1-2H3,(H,23,24).